The standard InChI is InChI=1S/C15H21N3O2/c1-5-15(2,3)18-13(19)10-17-14-11(9-16)7-6-8-12(14)20-4/h6-8,17H,5,10H2,1-4H3,(H,18,19). The van der Waals surface area contributed by atoms with E-state index < -0.39 is 0 Å². The van der Waals surface area contributed by atoms with Crippen LogP contribution in [0.15, 0.2) is 18.2 Å². The number of para-hydroxylation sites is 1. The zero-order chi connectivity index (χ0) is 15.2. The van der Waals surface area contributed by atoms with Crippen LogP contribution in [0.3, 0.4) is 0 Å². The van der Waals surface area contributed by atoms with Gasteiger partial charge in [-0.2, -0.15) is 5.26 Å². The number of carbonyl (C=O) groups excluding carboxylic acids is 1. The lowest BCUT2D eigenvalue weighted by Crippen LogP contribution is -2.45. The van der Waals surface area contributed by atoms with E-state index in [9.17, 15) is 4.79 Å². The Morgan fingerprint density at radius 1 is 1.45 bits per heavy atom. The molecule has 5 nitrogen and oxygen atoms in total. The van der Waals surface area contributed by atoms with E-state index in [1.165, 1.54) is 7.11 Å². The van der Waals surface area contributed by atoms with Crippen molar-refractivity contribution in [3.63, 3.8) is 0 Å². The molecule has 0 aliphatic carbocycles. The summed E-state index contributed by atoms with van der Waals surface area (Å²) in [7, 11) is 1.53. The van der Waals surface area contributed by atoms with Crippen molar-refractivity contribution in [1.82, 2.24) is 5.32 Å². The molecule has 0 atom stereocenters. The van der Waals surface area contributed by atoms with E-state index in [0.717, 1.165) is 6.42 Å². The van der Waals surface area contributed by atoms with Crippen molar-refractivity contribution in [3.8, 4) is 11.8 Å². The predicted octanol–water partition coefficient (Wildman–Crippen LogP) is 2.28. The largest absolute Gasteiger partial charge is 0.495 e. The van der Waals surface area contributed by atoms with Gasteiger partial charge in [-0.05, 0) is 32.4 Å². The molecule has 0 aliphatic heterocycles. The number of benzene rings is 1. The topological polar surface area (TPSA) is 74.2 Å². The summed E-state index contributed by atoms with van der Waals surface area (Å²) in [6.07, 6.45) is 0.844. The minimum absolute atomic E-state index is 0.0957. The molecule has 0 saturated carbocycles. The molecule has 20 heavy (non-hydrogen) atoms. The Labute approximate surface area is 119 Å². The second-order valence-corrected chi connectivity index (χ2v) is 5.13. The van der Waals surface area contributed by atoms with Gasteiger partial charge in [0.1, 0.15) is 11.8 Å². The molecule has 1 amide bonds. The van der Waals surface area contributed by atoms with Crippen LogP contribution in [0.2, 0.25) is 0 Å². The number of rotatable bonds is 6. The summed E-state index contributed by atoms with van der Waals surface area (Å²) in [5.41, 5.74) is 0.756. The van der Waals surface area contributed by atoms with Crippen molar-refractivity contribution in [2.75, 3.05) is 19.0 Å². The van der Waals surface area contributed by atoms with Crippen molar-refractivity contribution >= 4 is 11.6 Å². The first-order chi connectivity index (χ1) is 9.43. The molecule has 0 aliphatic rings. The summed E-state index contributed by atoms with van der Waals surface area (Å²) in [6.45, 7) is 6.05. The smallest absolute Gasteiger partial charge is 0.239 e. The van der Waals surface area contributed by atoms with Gasteiger partial charge in [-0.1, -0.05) is 13.0 Å². The molecule has 0 saturated heterocycles. The molecular formula is C15H21N3O2. The van der Waals surface area contributed by atoms with E-state index in [-0.39, 0.29) is 18.0 Å². The van der Waals surface area contributed by atoms with Gasteiger partial charge in [0.25, 0.3) is 0 Å². The first-order valence-corrected chi connectivity index (χ1v) is 6.55. The molecule has 0 unspecified atom stereocenters. The molecule has 0 aromatic heterocycles. The number of amides is 1. The molecule has 0 fully saturated rings. The number of nitrogens with one attached hydrogen (secondary N) is 2. The molecule has 0 heterocycles. The van der Waals surface area contributed by atoms with Gasteiger partial charge in [0.15, 0.2) is 0 Å². The third kappa shape index (κ3) is 4.16. The number of anilines is 1. The Balaban J connectivity index is 2.76. The highest BCUT2D eigenvalue weighted by atomic mass is 16.5. The fourth-order valence-corrected chi connectivity index (χ4v) is 1.66. The molecule has 0 spiro atoms. The third-order valence-corrected chi connectivity index (χ3v) is 3.15. The summed E-state index contributed by atoms with van der Waals surface area (Å²) in [5, 5.41) is 15.0. The molecule has 1 aromatic rings. The fourth-order valence-electron chi connectivity index (χ4n) is 1.66. The maximum Gasteiger partial charge on any atom is 0.239 e. The third-order valence-electron chi connectivity index (χ3n) is 3.15. The lowest BCUT2D eigenvalue weighted by Gasteiger charge is -2.24. The van der Waals surface area contributed by atoms with Gasteiger partial charge in [-0.3, -0.25) is 4.79 Å². The van der Waals surface area contributed by atoms with Crippen LogP contribution in [0.4, 0.5) is 5.69 Å². The van der Waals surface area contributed by atoms with E-state index in [2.05, 4.69) is 16.7 Å². The number of methoxy groups -OCH3 is 1. The van der Waals surface area contributed by atoms with Crippen molar-refractivity contribution in [2.24, 2.45) is 0 Å². The van der Waals surface area contributed by atoms with Gasteiger partial charge in [0, 0.05) is 5.54 Å². The van der Waals surface area contributed by atoms with E-state index in [4.69, 9.17) is 10.00 Å². The van der Waals surface area contributed by atoms with Gasteiger partial charge in [-0.15, -0.1) is 0 Å². The Kier molecular flexibility index (Phi) is 5.39. The monoisotopic (exact) mass is 275 g/mol. The van der Waals surface area contributed by atoms with Crippen molar-refractivity contribution in [3.05, 3.63) is 23.8 Å². The number of nitriles is 1. The van der Waals surface area contributed by atoms with Crippen molar-refractivity contribution in [2.45, 2.75) is 32.7 Å². The van der Waals surface area contributed by atoms with Crippen LogP contribution in [0, 0.1) is 11.3 Å². The quantitative estimate of drug-likeness (QED) is 0.835. The predicted molar refractivity (Wildman–Crippen MR) is 78.7 cm³/mol. The first kappa shape index (κ1) is 15.8. The summed E-state index contributed by atoms with van der Waals surface area (Å²) in [6, 6.07) is 7.24. The van der Waals surface area contributed by atoms with Crippen LogP contribution in [0.5, 0.6) is 5.75 Å². The second kappa shape index (κ2) is 6.80. The average Bonchev–Trinajstić information content (AvgIpc) is 2.44. The van der Waals surface area contributed by atoms with E-state index >= 15 is 0 Å². The second-order valence-electron chi connectivity index (χ2n) is 5.13. The normalized spacial score (nSPS) is 10.6. The van der Waals surface area contributed by atoms with Gasteiger partial charge >= 0.3 is 0 Å². The lowest BCUT2D eigenvalue weighted by molar-refractivity contribution is -0.121. The highest BCUT2D eigenvalue weighted by Gasteiger charge is 2.18. The van der Waals surface area contributed by atoms with Crippen LogP contribution in [0.1, 0.15) is 32.8 Å². The SMILES string of the molecule is CCC(C)(C)NC(=O)CNc1c(C#N)cccc1OC. The number of hydrogen-bond acceptors (Lipinski definition) is 4. The zero-order valence-electron chi connectivity index (χ0n) is 12.4. The molecule has 1 rings (SSSR count). The molecule has 108 valence electrons. The van der Waals surface area contributed by atoms with Crippen LogP contribution < -0.4 is 15.4 Å². The highest BCUT2D eigenvalue weighted by molar-refractivity contribution is 5.82. The average molecular weight is 275 g/mol. The molecule has 5 heteroatoms. The summed E-state index contributed by atoms with van der Waals surface area (Å²) < 4.78 is 5.20. The van der Waals surface area contributed by atoms with E-state index in [1.54, 1.807) is 18.2 Å². The number of ether oxygens (including phenoxy) is 1. The maximum absolute atomic E-state index is 11.9. The summed E-state index contributed by atoms with van der Waals surface area (Å²) in [4.78, 5) is 11.9. The molecule has 1 aromatic carbocycles. The molecule has 0 bridgehead atoms. The minimum atomic E-state index is -0.238. The number of nitrogens with zero attached hydrogens (tertiary/aromatic N) is 1. The van der Waals surface area contributed by atoms with Gasteiger partial charge in [-0.25, -0.2) is 0 Å². The van der Waals surface area contributed by atoms with Crippen LogP contribution in [0.25, 0.3) is 0 Å². The van der Waals surface area contributed by atoms with Crippen molar-refractivity contribution < 1.29 is 9.53 Å². The van der Waals surface area contributed by atoms with Crippen molar-refractivity contribution in [1.29, 1.82) is 5.26 Å². The summed E-state index contributed by atoms with van der Waals surface area (Å²) in [5.74, 6) is 0.429. The van der Waals surface area contributed by atoms with Gasteiger partial charge in [0.05, 0.1) is 24.9 Å². The van der Waals surface area contributed by atoms with Gasteiger partial charge < -0.3 is 15.4 Å². The Morgan fingerprint density at radius 3 is 2.70 bits per heavy atom. The zero-order valence-corrected chi connectivity index (χ0v) is 12.4. The van der Waals surface area contributed by atoms with Gasteiger partial charge in [0.2, 0.25) is 5.91 Å². The van der Waals surface area contributed by atoms with Crippen LogP contribution in [-0.2, 0) is 4.79 Å². The Morgan fingerprint density at radius 2 is 2.15 bits per heavy atom. The Hall–Kier alpha value is -2.22. The maximum atomic E-state index is 11.9. The van der Waals surface area contributed by atoms with Crippen LogP contribution in [-0.4, -0.2) is 25.1 Å². The number of hydrogen-bond donors (Lipinski definition) is 2. The summed E-state index contributed by atoms with van der Waals surface area (Å²) >= 11 is 0. The lowest BCUT2D eigenvalue weighted by atomic mass is 10.0. The van der Waals surface area contributed by atoms with E-state index in [1.807, 2.05) is 20.8 Å². The fraction of sp³-hybridized carbons (Fsp3) is 0.467. The molecule has 0 radical (unpaired) electrons. The minimum Gasteiger partial charge on any atom is -0.495 e. The van der Waals surface area contributed by atoms with E-state index in [0.29, 0.717) is 17.0 Å². The first-order valence-electron chi connectivity index (χ1n) is 6.55. The molecule has 2 N–H and O–H groups in total. The Bertz CT molecular complexity index is 518. The van der Waals surface area contributed by atoms with Crippen LogP contribution >= 0.6 is 0 Å². The number of carbonyl (C=O) groups is 1. The highest BCUT2D eigenvalue weighted by Crippen LogP contribution is 2.27. The molecular weight excluding hydrogens is 254 g/mol.